The second kappa shape index (κ2) is 11.8. The molecule has 0 radical (unpaired) electrons. The van der Waals surface area contributed by atoms with Gasteiger partial charge in [0, 0.05) is 12.8 Å². The van der Waals surface area contributed by atoms with E-state index in [1.807, 2.05) is 0 Å². The van der Waals surface area contributed by atoms with Crippen molar-refractivity contribution in [1.82, 2.24) is 0 Å². The van der Waals surface area contributed by atoms with Crippen molar-refractivity contribution < 1.29 is 19.8 Å². The van der Waals surface area contributed by atoms with Gasteiger partial charge < -0.3 is 10.2 Å². The molecule has 90 valence electrons. The van der Waals surface area contributed by atoms with Crippen LogP contribution in [0.5, 0.6) is 0 Å². The van der Waals surface area contributed by atoms with Crippen LogP contribution in [0.3, 0.4) is 0 Å². The van der Waals surface area contributed by atoms with E-state index >= 15 is 0 Å². The predicted molar refractivity (Wildman–Crippen MR) is 62.1 cm³/mol. The summed E-state index contributed by atoms with van der Waals surface area (Å²) in [6.07, 6.45) is 5.82. The molecule has 0 aliphatic rings. The number of carboxylic acid groups (broad SMARTS) is 2. The van der Waals surface area contributed by atoms with Crippen LogP contribution < -0.4 is 0 Å². The summed E-state index contributed by atoms with van der Waals surface area (Å²) >= 11 is 0. The summed E-state index contributed by atoms with van der Waals surface area (Å²) in [5.41, 5.74) is 0. The van der Waals surface area contributed by atoms with Crippen molar-refractivity contribution in [3.8, 4) is 0 Å². The van der Waals surface area contributed by atoms with Crippen LogP contribution in [-0.4, -0.2) is 46.6 Å². The number of carbonyl (C=O) groups is 2. The summed E-state index contributed by atoms with van der Waals surface area (Å²) in [7, 11) is 0. The Morgan fingerprint density at radius 1 is 0.667 bits per heavy atom. The summed E-state index contributed by atoms with van der Waals surface area (Å²) in [6, 6.07) is 0. The first-order valence-corrected chi connectivity index (χ1v) is 5.06. The van der Waals surface area contributed by atoms with Crippen molar-refractivity contribution in [2.75, 3.05) is 0 Å². The fourth-order valence-electron chi connectivity index (χ4n) is 1.26. The van der Waals surface area contributed by atoms with Gasteiger partial charge >= 0.3 is 36.4 Å². The quantitative estimate of drug-likeness (QED) is 0.491. The average Bonchev–Trinajstić information content (AvgIpc) is 2.08. The first kappa shape index (κ1) is 17.2. The first-order valence-electron chi connectivity index (χ1n) is 5.06. The molecule has 0 aromatic rings. The van der Waals surface area contributed by atoms with Gasteiger partial charge in [-0.3, -0.25) is 9.59 Å². The Labute approximate surface area is 108 Å². The second-order valence-corrected chi connectivity index (χ2v) is 3.41. The van der Waals surface area contributed by atoms with E-state index in [2.05, 4.69) is 0 Å². The molecule has 0 aromatic carbocycles. The van der Waals surface area contributed by atoms with Crippen LogP contribution in [0.2, 0.25) is 0 Å². The molecule has 0 aromatic heterocycles. The Hall–Kier alpha value is -0.242. The van der Waals surface area contributed by atoms with E-state index in [1.165, 1.54) is 0 Å². The molecule has 0 rings (SSSR count). The molecule has 0 amide bonds. The third-order valence-corrected chi connectivity index (χ3v) is 2.03. The molecule has 0 aliphatic carbocycles. The minimum absolute atomic E-state index is 0. The maximum atomic E-state index is 10.1. The van der Waals surface area contributed by atoms with Crippen molar-refractivity contribution in [3.05, 3.63) is 0 Å². The molecule has 0 bridgehead atoms. The maximum absolute atomic E-state index is 10.1. The molecule has 0 spiro atoms. The van der Waals surface area contributed by atoms with Crippen LogP contribution in [0.4, 0.5) is 0 Å². The Morgan fingerprint density at radius 3 is 1.20 bits per heavy atom. The fraction of sp³-hybridized carbons (Fsp3) is 0.800. The van der Waals surface area contributed by atoms with Gasteiger partial charge in [0.25, 0.3) is 0 Å². The predicted octanol–water partition coefficient (Wildman–Crippen LogP) is 1.09. The molecule has 0 aliphatic heterocycles. The van der Waals surface area contributed by atoms with Gasteiger partial charge in [0.1, 0.15) is 0 Å². The Morgan fingerprint density at radius 2 is 0.933 bits per heavy atom. The molecule has 0 saturated heterocycles. The Balaban J connectivity index is 0. The van der Waals surface area contributed by atoms with Crippen LogP contribution in [0, 0.1) is 0 Å². The van der Waals surface area contributed by atoms with E-state index in [1.54, 1.807) is 0 Å². The van der Waals surface area contributed by atoms with Crippen LogP contribution in [-0.2, 0) is 9.59 Å². The summed E-state index contributed by atoms with van der Waals surface area (Å²) in [4.78, 5) is 20.3. The third-order valence-electron chi connectivity index (χ3n) is 2.03. The van der Waals surface area contributed by atoms with Gasteiger partial charge in [-0.1, -0.05) is 25.7 Å². The van der Waals surface area contributed by atoms with Gasteiger partial charge in [-0.05, 0) is 12.8 Å². The average molecular weight is 327 g/mol. The standard InChI is InChI=1S/C10H18O4.Sb.3H/c11-9(12)7-5-3-1-2-4-6-8-10(13)14;;;;/h1-8H2,(H,11,12)(H,13,14);;;;. The molecule has 0 saturated carbocycles. The van der Waals surface area contributed by atoms with Gasteiger partial charge in [-0.15, -0.1) is 0 Å². The van der Waals surface area contributed by atoms with Crippen molar-refractivity contribution in [1.29, 1.82) is 0 Å². The molecule has 0 heterocycles. The van der Waals surface area contributed by atoms with Crippen molar-refractivity contribution in [2.24, 2.45) is 0 Å². The number of hydrogen-bond acceptors (Lipinski definition) is 2. The van der Waals surface area contributed by atoms with E-state index in [0.717, 1.165) is 38.5 Å². The fourth-order valence-corrected chi connectivity index (χ4v) is 1.26. The SMILES string of the molecule is O=C(O)CCCCCCCCC(=O)O.[SbH3]. The molecule has 2 N–H and O–H groups in total. The second-order valence-electron chi connectivity index (χ2n) is 3.41. The summed E-state index contributed by atoms with van der Waals surface area (Å²) in [5, 5.41) is 16.7. The summed E-state index contributed by atoms with van der Waals surface area (Å²) in [6.45, 7) is 0. The Bertz CT molecular complexity index is 162. The monoisotopic (exact) mass is 326 g/mol. The minimum atomic E-state index is -0.740. The van der Waals surface area contributed by atoms with E-state index in [0.29, 0.717) is 0 Å². The molecular formula is C10H21O4Sb. The molecule has 0 unspecified atom stereocenters. The van der Waals surface area contributed by atoms with Gasteiger partial charge in [-0.2, -0.15) is 0 Å². The van der Waals surface area contributed by atoms with E-state index in [4.69, 9.17) is 10.2 Å². The van der Waals surface area contributed by atoms with E-state index in [-0.39, 0.29) is 37.3 Å². The normalized spacial score (nSPS) is 9.33. The number of carboxylic acids is 2. The van der Waals surface area contributed by atoms with Gasteiger partial charge in [-0.25, -0.2) is 0 Å². The molecule has 15 heavy (non-hydrogen) atoms. The number of aliphatic carboxylic acids is 2. The number of hydrogen-bond donors (Lipinski definition) is 2. The summed E-state index contributed by atoms with van der Waals surface area (Å²) in [5.74, 6) is -1.48. The van der Waals surface area contributed by atoms with Crippen molar-refractivity contribution in [3.63, 3.8) is 0 Å². The molecular weight excluding hydrogens is 306 g/mol. The zero-order valence-corrected chi connectivity index (χ0v) is 13.1. The molecule has 0 atom stereocenters. The van der Waals surface area contributed by atoms with Crippen LogP contribution in [0.25, 0.3) is 0 Å². The zero-order valence-electron chi connectivity index (χ0n) is 9.07. The topological polar surface area (TPSA) is 74.6 Å². The van der Waals surface area contributed by atoms with E-state index < -0.39 is 11.9 Å². The van der Waals surface area contributed by atoms with Gasteiger partial charge in [0.15, 0.2) is 0 Å². The summed E-state index contributed by atoms with van der Waals surface area (Å²) < 4.78 is 0. The van der Waals surface area contributed by atoms with Gasteiger partial charge in [0.2, 0.25) is 0 Å². The van der Waals surface area contributed by atoms with Gasteiger partial charge in [0.05, 0.1) is 0 Å². The molecule has 4 nitrogen and oxygen atoms in total. The van der Waals surface area contributed by atoms with Crippen LogP contribution in [0.1, 0.15) is 51.4 Å². The zero-order chi connectivity index (χ0) is 10.8. The third kappa shape index (κ3) is 16.4. The Kier molecular flexibility index (Phi) is 13.5. The number of unbranched alkanes of at least 4 members (excludes halogenated alkanes) is 5. The number of rotatable bonds is 9. The first-order chi connectivity index (χ1) is 6.63. The van der Waals surface area contributed by atoms with Crippen LogP contribution in [0.15, 0.2) is 0 Å². The van der Waals surface area contributed by atoms with E-state index in [9.17, 15) is 9.59 Å². The molecule has 0 fully saturated rings. The van der Waals surface area contributed by atoms with Crippen molar-refractivity contribution >= 4 is 36.4 Å². The van der Waals surface area contributed by atoms with Crippen LogP contribution >= 0.6 is 0 Å². The van der Waals surface area contributed by atoms with Crippen molar-refractivity contribution in [2.45, 2.75) is 51.4 Å². The molecule has 5 heteroatoms.